The highest BCUT2D eigenvalue weighted by Crippen LogP contribution is 2.34. The van der Waals surface area contributed by atoms with Crippen LogP contribution >= 0.6 is 23.4 Å². The molecule has 0 saturated carbocycles. The fourth-order valence-electron chi connectivity index (χ4n) is 2.41. The molecule has 6 nitrogen and oxygen atoms in total. The van der Waals surface area contributed by atoms with Crippen molar-refractivity contribution >= 4 is 40.6 Å². The lowest BCUT2D eigenvalue weighted by Gasteiger charge is -2.13. The molecule has 8 heteroatoms. The van der Waals surface area contributed by atoms with Crippen LogP contribution in [0.2, 0.25) is 5.02 Å². The van der Waals surface area contributed by atoms with Gasteiger partial charge in [0.15, 0.2) is 11.5 Å². The van der Waals surface area contributed by atoms with E-state index in [4.69, 9.17) is 21.1 Å². The van der Waals surface area contributed by atoms with Crippen LogP contribution in [-0.2, 0) is 4.79 Å². The second-order valence-electron chi connectivity index (χ2n) is 5.57. The van der Waals surface area contributed by atoms with Crippen molar-refractivity contribution in [2.45, 2.75) is 0 Å². The van der Waals surface area contributed by atoms with Gasteiger partial charge < -0.3 is 14.6 Å². The second kappa shape index (κ2) is 8.37. The molecule has 2 aromatic rings. The van der Waals surface area contributed by atoms with E-state index in [9.17, 15) is 14.7 Å². The first kappa shape index (κ1) is 19.1. The molecule has 0 radical (unpaired) electrons. The van der Waals surface area contributed by atoms with Gasteiger partial charge in [-0.25, -0.2) is 0 Å². The molecule has 140 valence electrons. The summed E-state index contributed by atoms with van der Waals surface area (Å²) in [5, 5.41) is 9.89. The quantitative estimate of drug-likeness (QED) is 0.727. The lowest BCUT2D eigenvalue weighted by atomic mass is 10.2. The maximum Gasteiger partial charge on any atom is 0.293 e. The van der Waals surface area contributed by atoms with E-state index >= 15 is 0 Å². The minimum atomic E-state index is -0.378. The number of hydrogen-bond donors (Lipinski definition) is 1. The van der Waals surface area contributed by atoms with Crippen LogP contribution in [-0.4, -0.2) is 41.4 Å². The van der Waals surface area contributed by atoms with Crippen LogP contribution in [0.5, 0.6) is 17.2 Å². The first-order chi connectivity index (χ1) is 13.0. The summed E-state index contributed by atoms with van der Waals surface area (Å²) in [4.78, 5) is 26.1. The fourth-order valence-corrected chi connectivity index (χ4v) is 3.40. The van der Waals surface area contributed by atoms with Crippen molar-refractivity contribution in [1.29, 1.82) is 0 Å². The number of ether oxygens (including phenoxy) is 2. The Balaban J connectivity index is 1.65. The molecule has 1 N–H and O–H groups in total. The summed E-state index contributed by atoms with van der Waals surface area (Å²) in [6.45, 7) is 0.323. The third kappa shape index (κ3) is 4.56. The van der Waals surface area contributed by atoms with Crippen LogP contribution in [0, 0.1) is 0 Å². The van der Waals surface area contributed by atoms with Crippen LogP contribution in [0.4, 0.5) is 4.79 Å². The molecule has 0 aromatic heterocycles. The SMILES string of the molecule is COc1cc(/C=C2\SC(=O)N(CCOc3ccc(Cl)cc3)C2=O)ccc1O. The average molecular weight is 406 g/mol. The van der Waals surface area contributed by atoms with Crippen LogP contribution in [0.15, 0.2) is 47.4 Å². The normalized spacial score (nSPS) is 15.5. The van der Waals surface area contributed by atoms with Gasteiger partial charge in [-0.1, -0.05) is 17.7 Å². The Morgan fingerprint density at radius 1 is 1.19 bits per heavy atom. The minimum Gasteiger partial charge on any atom is -0.504 e. The number of phenolic OH excluding ortho intramolecular Hbond substituents is 1. The number of halogens is 1. The Kier molecular flexibility index (Phi) is 5.93. The molecule has 0 spiro atoms. The molecule has 0 unspecified atom stereocenters. The summed E-state index contributed by atoms with van der Waals surface area (Å²) in [5.74, 6) is 0.524. The zero-order valence-corrected chi connectivity index (χ0v) is 15.9. The lowest BCUT2D eigenvalue weighted by Crippen LogP contribution is -2.32. The number of imide groups is 1. The zero-order chi connectivity index (χ0) is 19.4. The predicted molar refractivity (Wildman–Crippen MR) is 104 cm³/mol. The molecular formula is C19H16ClNO5S. The van der Waals surface area contributed by atoms with Gasteiger partial charge in [-0.05, 0) is 59.8 Å². The Morgan fingerprint density at radius 3 is 2.63 bits per heavy atom. The number of thioether (sulfide) groups is 1. The number of phenols is 1. The first-order valence-electron chi connectivity index (χ1n) is 7.98. The lowest BCUT2D eigenvalue weighted by molar-refractivity contribution is -0.123. The van der Waals surface area contributed by atoms with Crippen LogP contribution in [0.25, 0.3) is 6.08 Å². The topological polar surface area (TPSA) is 76.1 Å². The molecule has 1 saturated heterocycles. The number of nitrogens with zero attached hydrogens (tertiary/aromatic N) is 1. The Hall–Kier alpha value is -2.64. The molecule has 27 heavy (non-hydrogen) atoms. The second-order valence-corrected chi connectivity index (χ2v) is 7.00. The van der Waals surface area contributed by atoms with Gasteiger partial charge in [-0.15, -0.1) is 0 Å². The van der Waals surface area contributed by atoms with Gasteiger partial charge in [0.25, 0.3) is 11.1 Å². The number of aromatic hydroxyl groups is 1. The number of amides is 2. The molecule has 3 rings (SSSR count). The molecule has 0 atom stereocenters. The number of methoxy groups -OCH3 is 1. The van der Waals surface area contributed by atoms with Crippen LogP contribution in [0.3, 0.4) is 0 Å². The Labute approximate surface area is 165 Å². The minimum absolute atomic E-state index is 0.00195. The summed E-state index contributed by atoms with van der Waals surface area (Å²) < 4.78 is 10.6. The monoisotopic (exact) mass is 405 g/mol. The molecule has 1 aliphatic rings. The van der Waals surface area contributed by atoms with Crippen molar-refractivity contribution in [3.8, 4) is 17.2 Å². The van der Waals surface area contributed by atoms with Gasteiger partial charge >= 0.3 is 0 Å². The van der Waals surface area contributed by atoms with Crippen molar-refractivity contribution in [2.75, 3.05) is 20.3 Å². The van der Waals surface area contributed by atoms with E-state index in [0.717, 1.165) is 16.7 Å². The van der Waals surface area contributed by atoms with E-state index in [0.29, 0.717) is 27.0 Å². The highest BCUT2D eigenvalue weighted by Gasteiger charge is 2.34. The standard InChI is InChI=1S/C19H16ClNO5S/c1-25-16-10-12(2-7-15(16)22)11-17-18(23)21(19(24)27-17)8-9-26-14-5-3-13(20)4-6-14/h2-7,10-11,22H,8-9H2,1H3/b17-11-. The smallest absolute Gasteiger partial charge is 0.293 e. The van der Waals surface area contributed by atoms with Gasteiger partial charge in [0, 0.05) is 5.02 Å². The number of benzene rings is 2. The van der Waals surface area contributed by atoms with Gasteiger partial charge in [-0.2, -0.15) is 0 Å². The maximum atomic E-state index is 12.5. The third-order valence-corrected chi connectivity index (χ3v) is 4.93. The predicted octanol–water partition coefficient (Wildman–Crippen LogP) is 4.17. The molecule has 1 aliphatic heterocycles. The number of rotatable bonds is 6. The fraction of sp³-hybridized carbons (Fsp3) is 0.158. The Bertz CT molecular complexity index is 897. The van der Waals surface area contributed by atoms with E-state index in [1.807, 2.05) is 0 Å². The number of carbonyl (C=O) groups is 2. The number of carbonyl (C=O) groups excluding carboxylic acids is 2. The number of hydrogen-bond acceptors (Lipinski definition) is 6. The van der Waals surface area contributed by atoms with Crippen molar-refractivity contribution in [3.63, 3.8) is 0 Å². The van der Waals surface area contributed by atoms with E-state index in [1.54, 1.807) is 42.5 Å². The van der Waals surface area contributed by atoms with Gasteiger partial charge in [0.2, 0.25) is 0 Å². The van der Waals surface area contributed by atoms with E-state index < -0.39 is 0 Å². The summed E-state index contributed by atoms with van der Waals surface area (Å²) in [7, 11) is 1.44. The average Bonchev–Trinajstić information content (AvgIpc) is 2.92. The summed E-state index contributed by atoms with van der Waals surface area (Å²) >= 11 is 6.68. The van der Waals surface area contributed by atoms with Crippen molar-refractivity contribution in [2.24, 2.45) is 0 Å². The van der Waals surface area contributed by atoms with Crippen molar-refractivity contribution in [1.82, 2.24) is 4.90 Å². The van der Waals surface area contributed by atoms with Crippen molar-refractivity contribution in [3.05, 3.63) is 58.0 Å². The molecule has 0 bridgehead atoms. The molecule has 0 aliphatic carbocycles. The molecule has 1 heterocycles. The van der Waals surface area contributed by atoms with Crippen molar-refractivity contribution < 1.29 is 24.2 Å². The highest BCUT2D eigenvalue weighted by atomic mass is 35.5. The summed E-state index contributed by atoms with van der Waals surface area (Å²) in [5.41, 5.74) is 0.646. The van der Waals surface area contributed by atoms with E-state index in [-0.39, 0.29) is 30.0 Å². The molecule has 1 fully saturated rings. The van der Waals surface area contributed by atoms with Crippen LogP contribution in [0.1, 0.15) is 5.56 Å². The zero-order valence-electron chi connectivity index (χ0n) is 14.3. The molecule has 2 aromatic carbocycles. The third-order valence-electron chi connectivity index (χ3n) is 3.77. The highest BCUT2D eigenvalue weighted by molar-refractivity contribution is 8.18. The van der Waals surface area contributed by atoms with Gasteiger partial charge in [-0.3, -0.25) is 14.5 Å². The molecular weight excluding hydrogens is 390 g/mol. The largest absolute Gasteiger partial charge is 0.504 e. The van der Waals surface area contributed by atoms with E-state index in [1.165, 1.54) is 13.2 Å². The van der Waals surface area contributed by atoms with E-state index in [2.05, 4.69) is 0 Å². The van der Waals surface area contributed by atoms with Crippen LogP contribution < -0.4 is 9.47 Å². The Morgan fingerprint density at radius 2 is 1.93 bits per heavy atom. The first-order valence-corrected chi connectivity index (χ1v) is 9.18. The van der Waals surface area contributed by atoms with Gasteiger partial charge in [0.05, 0.1) is 18.6 Å². The maximum absolute atomic E-state index is 12.5. The van der Waals surface area contributed by atoms with Gasteiger partial charge in [0.1, 0.15) is 12.4 Å². The molecule has 2 amide bonds. The summed E-state index contributed by atoms with van der Waals surface area (Å²) in [6.07, 6.45) is 1.59. The summed E-state index contributed by atoms with van der Waals surface area (Å²) in [6, 6.07) is 11.5.